The monoisotopic (exact) mass is 203 g/mol. The van der Waals surface area contributed by atoms with Crippen LogP contribution in [0.25, 0.3) is 0 Å². The van der Waals surface area contributed by atoms with Crippen LogP contribution in [-0.2, 0) is 9.47 Å². The molecule has 0 spiro atoms. The van der Waals surface area contributed by atoms with Crippen LogP contribution >= 0.6 is 0 Å². The molecule has 0 aromatic carbocycles. The van der Waals surface area contributed by atoms with Crippen LogP contribution in [0.3, 0.4) is 0 Å². The summed E-state index contributed by atoms with van der Waals surface area (Å²) in [7, 11) is 0. The Kier molecular flexibility index (Phi) is 4.82. The van der Waals surface area contributed by atoms with E-state index in [2.05, 4.69) is 0 Å². The first kappa shape index (κ1) is 11.4. The van der Waals surface area contributed by atoms with E-state index in [1.165, 1.54) is 0 Å². The van der Waals surface area contributed by atoms with Crippen molar-refractivity contribution in [2.45, 2.75) is 25.9 Å². The SMILES string of the molecule is CC(COCC1CCCO1)C[N+](=O)[O-]. The lowest BCUT2D eigenvalue weighted by Crippen LogP contribution is -2.20. The van der Waals surface area contributed by atoms with Crippen molar-refractivity contribution in [3.63, 3.8) is 0 Å². The topological polar surface area (TPSA) is 61.6 Å². The van der Waals surface area contributed by atoms with Crippen LogP contribution in [0.5, 0.6) is 0 Å². The van der Waals surface area contributed by atoms with Crippen molar-refractivity contribution >= 4 is 0 Å². The molecule has 1 aliphatic heterocycles. The minimum atomic E-state index is -0.305. The summed E-state index contributed by atoms with van der Waals surface area (Å²) in [6.45, 7) is 3.63. The maximum atomic E-state index is 10.2. The molecule has 0 saturated carbocycles. The van der Waals surface area contributed by atoms with Gasteiger partial charge in [0.2, 0.25) is 6.54 Å². The normalized spacial score (nSPS) is 23.6. The Morgan fingerprint density at radius 2 is 2.50 bits per heavy atom. The van der Waals surface area contributed by atoms with Crippen molar-refractivity contribution < 1.29 is 14.4 Å². The summed E-state index contributed by atoms with van der Waals surface area (Å²) in [6.07, 6.45) is 2.35. The number of hydrogen-bond acceptors (Lipinski definition) is 4. The summed E-state index contributed by atoms with van der Waals surface area (Å²) in [6, 6.07) is 0. The van der Waals surface area contributed by atoms with Gasteiger partial charge in [0.05, 0.1) is 19.3 Å². The van der Waals surface area contributed by atoms with Crippen molar-refractivity contribution in [2.75, 3.05) is 26.4 Å². The third kappa shape index (κ3) is 4.53. The fourth-order valence-electron chi connectivity index (χ4n) is 1.48. The van der Waals surface area contributed by atoms with Crippen molar-refractivity contribution in [1.29, 1.82) is 0 Å². The molecule has 0 aliphatic carbocycles. The van der Waals surface area contributed by atoms with Crippen LogP contribution in [-0.4, -0.2) is 37.4 Å². The van der Waals surface area contributed by atoms with Crippen LogP contribution in [0.15, 0.2) is 0 Å². The molecular weight excluding hydrogens is 186 g/mol. The fraction of sp³-hybridized carbons (Fsp3) is 1.00. The van der Waals surface area contributed by atoms with Gasteiger partial charge in [-0.25, -0.2) is 0 Å². The molecule has 2 atom stereocenters. The Labute approximate surface area is 83.5 Å². The first-order valence-corrected chi connectivity index (χ1v) is 4.99. The third-order valence-electron chi connectivity index (χ3n) is 2.19. The predicted molar refractivity (Wildman–Crippen MR) is 50.8 cm³/mol. The van der Waals surface area contributed by atoms with Crippen molar-refractivity contribution in [3.05, 3.63) is 10.1 Å². The predicted octanol–water partition coefficient (Wildman–Crippen LogP) is 1.09. The smallest absolute Gasteiger partial charge is 0.208 e. The van der Waals surface area contributed by atoms with Gasteiger partial charge in [0.1, 0.15) is 0 Å². The Morgan fingerprint density at radius 3 is 3.07 bits per heavy atom. The highest BCUT2D eigenvalue weighted by atomic mass is 16.6. The van der Waals surface area contributed by atoms with E-state index in [9.17, 15) is 10.1 Å². The van der Waals surface area contributed by atoms with Gasteiger partial charge in [0, 0.05) is 17.4 Å². The number of ether oxygens (including phenoxy) is 2. The lowest BCUT2D eigenvalue weighted by Gasteiger charge is -2.11. The summed E-state index contributed by atoms with van der Waals surface area (Å²) in [4.78, 5) is 9.85. The summed E-state index contributed by atoms with van der Waals surface area (Å²) in [5.74, 6) is -0.0218. The van der Waals surface area contributed by atoms with E-state index in [4.69, 9.17) is 9.47 Å². The molecule has 0 amide bonds. The number of nitro groups is 1. The molecule has 0 aromatic rings. The third-order valence-corrected chi connectivity index (χ3v) is 2.19. The Hall–Kier alpha value is -0.680. The Bertz CT molecular complexity index is 180. The molecule has 0 aromatic heterocycles. The maximum absolute atomic E-state index is 10.2. The molecular formula is C9H17NO4. The van der Waals surface area contributed by atoms with Gasteiger partial charge in [-0.2, -0.15) is 0 Å². The quantitative estimate of drug-likeness (QED) is 0.479. The van der Waals surface area contributed by atoms with Gasteiger partial charge in [-0.3, -0.25) is 10.1 Å². The molecule has 0 bridgehead atoms. The lowest BCUT2D eigenvalue weighted by molar-refractivity contribution is -0.488. The highest BCUT2D eigenvalue weighted by molar-refractivity contribution is 4.63. The second-order valence-electron chi connectivity index (χ2n) is 3.79. The summed E-state index contributed by atoms with van der Waals surface area (Å²) in [5, 5.41) is 10.2. The van der Waals surface area contributed by atoms with Gasteiger partial charge < -0.3 is 9.47 Å². The minimum Gasteiger partial charge on any atom is -0.378 e. The zero-order valence-electron chi connectivity index (χ0n) is 8.48. The largest absolute Gasteiger partial charge is 0.378 e. The van der Waals surface area contributed by atoms with Crippen LogP contribution in [0.1, 0.15) is 19.8 Å². The standard InChI is InChI=1S/C9H17NO4/c1-8(5-10(11)12)6-13-7-9-3-2-4-14-9/h8-9H,2-7H2,1H3. The van der Waals surface area contributed by atoms with Crippen molar-refractivity contribution in [3.8, 4) is 0 Å². The maximum Gasteiger partial charge on any atom is 0.208 e. The molecule has 1 fully saturated rings. The van der Waals surface area contributed by atoms with E-state index in [1.807, 2.05) is 6.92 Å². The van der Waals surface area contributed by atoms with Gasteiger partial charge >= 0.3 is 0 Å². The number of hydrogen-bond donors (Lipinski definition) is 0. The number of rotatable bonds is 6. The second-order valence-corrected chi connectivity index (χ2v) is 3.79. The fourth-order valence-corrected chi connectivity index (χ4v) is 1.48. The molecule has 0 radical (unpaired) electrons. The highest BCUT2D eigenvalue weighted by Crippen LogP contribution is 2.12. The molecule has 82 valence electrons. The van der Waals surface area contributed by atoms with Crippen molar-refractivity contribution in [1.82, 2.24) is 0 Å². The van der Waals surface area contributed by atoms with Crippen LogP contribution in [0.2, 0.25) is 0 Å². The summed E-state index contributed by atoms with van der Waals surface area (Å²) >= 11 is 0. The average Bonchev–Trinajstić information content (AvgIpc) is 2.55. The molecule has 5 nitrogen and oxygen atoms in total. The van der Waals surface area contributed by atoms with E-state index in [0.717, 1.165) is 19.4 Å². The summed E-state index contributed by atoms with van der Waals surface area (Å²) < 4.78 is 10.7. The van der Waals surface area contributed by atoms with E-state index >= 15 is 0 Å². The second kappa shape index (κ2) is 5.93. The molecule has 1 heterocycles. The van der Waals surface area contributed by atoms with Gasteiger partial charge in [0.15, 0.2) is 0 Å². The van der Waals surface area contributed by atoms with E-state index < -0.39 is 0 Å². The highest BCUT2D eigenvalue weighted by Gasteiger charge is 2.16. The van der Waals surface area contributed by atoms with Crippen LogP contribution in [0.4, 0.5) is 0 Å². The number of nitrogens with zero attached hydrogens (tertiary/aromatic N) is 1. The average molecular weight is 203 g/mol. The molecule has 0 N–H and O–H groups in total. The van der Waals surface area contributed by atoms with E-state index in [0.29, 0.717) is 13.2 Å². The van der Waals surface area contributed by atoms with Gasteiger partial charge in [-0.05, 0) is 12.8 Å². The lowest BCUT2D eigenvalue weighted by atomic mass is 10.2. The molecule has 2 unspecified atom stereocenters. The minimum absolute atomic E-state index is 0.0218. The first-order valence-electron chi connectivity index (χ1n) is 4.99. The van der Waals surface area contributed by atoms with Crippen molar-refractivity contribution in [2.24, 2.45) is 5.92 Å². The van der Waals surface area contributed by atoms with Crippen LogP contribution < -0.4 is 0 Å². The van der Waals surface area contributed by atoms with Gasteiger partial charge in [-0.1, -0.05) is 6.92 Å². The van der Waals surface area contributed by atoms with E-state index in [-0.39, 0.29) is 23.5 Å². The zero-order chi connectivity index (χ0) is 10.4. The zero-order valence-corrected chi connectivity index (χ0v) is 8.48. The Morgan fingerprint density at radius 1 is 1.71 bits per heavy atom. The summed E-state index contributed by atoms with van der Waals surface area (Å²) in [5.41, 5.74) is 0. The Balaban J connectivity index is 1.99. The molecule has 14 heavy (non-hydrogen) atoms. The van der Waals surface area contributed by atoms with Crippen LogP contribution in [0, 0.1) is 16.0 Å². The molecule has 1 rings (SSSR count). The van der Waals surface area contributed by atoms with Gasteiger partial charge in [0.25, 0.3) is 0 Å². The van der Waals surface area contributed by atoms with E-state index in [1.54, 1.807) is 0 Å². The molecule has 1 saturated heterocycles. The molecule has 5 heteroatoms. The molecule has 1 aliphatic rings. The van der Waals surface area contributed by atoms with Gasteiger partial charge in [-0.15, -0.1) is 0 Å². The first-order chi connectivity index (χ1) is 6.68.